The van der Waals surface area contributed by atoms with Gasteiger partial charge in [-0.2, -0.15) is 10.4 Å². The van der Waals surface area contributed by atoms with Gasteiger partial charge in [-0.15, -0.1) is 0 Å². The van der Waals surface area contributed by atoms with Crippen molar-refractivity contribution in [3.8, 4) is 6.07 Å². The second-order valence-corrected chi connectivity index (χ2v) is 4.37. The molecule has 16 heavy (non-hydrogen) atoms. The molecule has 1 amide bonds. The summed E-state index contributed by atoms with van der Waals surface area (Å²) in [6.45, 7) is 6.29. The Balaban J connectivity index is 3.05. The maximum absolute atomic E-state index is 11.0. The van der Waals surface area contributed by atoms with Crippen molar-refractivity contribution in [3.05, 3.63) is 17.5 Å². The molecule has 0 aromatic carbocycles. The first-order valence-corrected chi connectivity index (χ1v) is 5.17. The van der Waals surface area contributed by atoms with Gasteiger partial charge in [0.25, 0.3) is 5.91 Å². The number of rotatable bonds is 4. The van der Waals surface area contributed by atoms with E-state index in [1.165, 1.54) is 0 Å². The van der Waals surface area contributed by atoms with Gasteiger partial charge in [-0.3, -0.25) is 9.48 Å². The molecule has 0 saturated heterocycles. The fourth-order valence-corrected chi connectivity index (χ4v) is 1.48. The molecule has 86 valence electrons. The molecule has 0 aliphatic heterocycles. The van der Waals surface area contributed by atoms with E-state index in [1.807, 2.05) is 20.8 Å². The fraction of sp³-hybridized carbons (Fsp3) is 0.545. The van der Waals surface area contributed by atoms with E-state index in [1.54, 1.807) is 10.7 Å². The Morgan fingerprint density at radius 3 is 2.75 bits per heavy atom. The van der Waals surface area contributed by atoms with Crippen molar-refractivity contribution in [2.75, 3.05) is 0 Å². The van der Waals surface area contributed by atoms with Gasteiger partial charge in [0.05, 0.1) is 11.5 Å². The van der Waals surface area contributed by atoms with Gasteiger partial charge < -0.3 is 5.73 Å². The monoisotopic (exact) mass is 220 g/mol. The minimum atomic E-state index is -0.539. The van der Waals surface area contributed by atoms with E-state index in [0.717, 1.165) is 5.69 Å². The molecule has 0 bridgehead atoms. The Morgan fingerprint density at radius 2 is 2.31 bits per heavy atom. The summed E-state index contributed by atoms with van der Waals surface area (Å²) in [6.07, 6.45) is 0.553. The van der Waals surface area contributed by atoms with Crippen molar-refractivity contribution in [1.82, 2.24) is 9.78 Å². The Morgan fingerprint density at radius 1 is 1.69 bits per heavy atom. The van der Waals surface area contributed by atoms with Crippen LogP contribution in [0.5, 0.6) is 0 Å². The number of nitrogens with two attached hydrogens (primary N) is 1. The maximum atomic E-state index is 11.0. The molecule has 1 aromatic heterocycles. The Kier molecular flexibility index (Phi) is 3.33. The quantitative estimate of drug-likeness (QED) is 0.824. The van der Waals surface area contributed by atoms with E-state index in [9.17, 15) is 4.79 Å². The van der Waals surface area contributed by atoms with Crippen LogP contribution in [0.4, 0.5) is 0 Å². The molecule has 2 N–H and O–H groups in total. The molecule has 0 radical (unpaired) electrons. The van der Waals surface area contributed by atoms with E-state index >= 15 is 0 Å². The van der Waals surface area contributed by atoms with Crippen molar-refractivity contribution in [3.63, 3.8) is 0 Å². The van der Waals surface area contributed by atoms with Gasteiger partial charge >= 0.3 is 0 Å². The molecule has 0 saturated carbocycles. The number of aromatic nitrogens is 2. The van der Waals surface area contributed by atoms with Crippen LogP contribution in [-0.4, -0.2) is 15.7 Å². The molecule has 0 spiro atoms. The van der Waals surface area contributed by atoms with Crippen molar-refractivity contribution in [2.24, 2.45) is 11.1 Å². The van der Waals surface area contributed by atoms with Crippen LogP contribution in [0.1, 0.15) is 37.0 Å². The highest BCUT2D eigenvalue weighted by atomic mass is 16.1. The van der Waals surface area contributed by atoms with Gasteiger partial charge in [-0.05, 0) is 26.8 Å². The van der Waals surface area contributed by atoms with Crippen molar-refractivity contribution >= 4 is 5.91 Å². The highest BCUT2D eigenvalue weighted by Crippen LogP contribution is 2.21. The van der Waals surface area contributed by atoms with Crippen molar-refractivity contribution < 1.29 is 4.79 Å². The third-order valence-electron chi connectivity index (χ3n) is 2.34. The number of hydrogen-bond acceptors (Lipinski definition) is 3. The largest absolute Gasteiger partial charge is 0.364 e. The van der Waals surface area contributed by atoms with Crippen LogP contribution in [0.15, 0.2) is 6.07 Å². The number of nitriles is 1. The number of nitrogens with zero attached hydrogens (tertiary/aromatic N) is 3. The minimum Gasteiger partial charge on any atom is -0.364 e. The number of aryl methyl sites for hydroxylation is 1. The molecule has 0 unspecified atom stereocenters. The average Bonchev–Trinajstić information content (AvgIpc) is 2.60. The lowest BCUT2D eigenvalue weighted by Gasteiger charge is -2.15. The zero-order chi connectivity index (χ0) is 12.3. The normalized spacial score (nSPS) is 11.1. The fourth-order valence-electron chi connectivity index (χ4n) is 1.48. The van der Waals surface area contributed by atoms with Gasteiger partial charge in [-0.25, -0.2) is 0 Å². The highest BCUT2D eigenvalue weighted by Gasteiger charge is 2.21. The summed E-state index contributed by atoms with van der Waals surface area (Å²) in [5, 5.41) is 13.0. The minimum absolute atomic E-state index is 0.255. The summed E-state index contributed by atoms with van der Waals surface area (Å²) >= 11 is 0. The average molecular weight is 220 g/mol. The Bertz CT molecular complexity index is 439. The van der Waals surface area contributed by atoms with Gasteiger partial charge in [0.2, 0.25) is 0 Å². The first-order valence-electron chi connectivity index (χ1n) is 5.17. The zero-order valence-corrected chi connectivity index (χ0v) is 9.82. The van der Waals surface area contributed by atoms with Crippen LogP contribution < -0.4 is 5.73 Å². The standard InChI is InChI=1S/C11H16N4O/c1-4-15-8(6-11(2,3)7-12)5-9(14-15)10(13)16/h5H,4,6H2,1-3H3,(H2,13,16). The van der Waals surface area contributed by atoms with Crippen molar-refractivity contribution in [1.29, 1.82) is 5.26 Å². The predicted molar refractivity (Wildman–Crippen MR) is 59.5 cm³/mol. The SMILES string of the molecule is CCn1nc(C(N)=O)cc1CC(C)(C)C#N. The van der Waals surface area contributed by atoms with Crippen molar-refractivity contribution in [2.45, 2.75) is 33.7 Å². The molecule has 5 nitrogen and oxygen atoms in total. The zero-order valence-electron chi connectivity index (χ0n) is 9.82. The number of carbonyl (C=O) groups is 1. The third kappa shape index (κ3) is 2.60. The lowest BCUT2D eigenvalue weighted by Crippen LogP contribution is -2.15. The summed E-state index contributed by atoms with van der Waals surface area (Å²) in [4.78, 5) is 11.0. The summed E-state index contributed by atoms with van der Waals surface area (Å²) in [5.74, 6) is -0.539. The molecule has 0 fully saturated rings. The van der Waals surface area contributed by atoms with E-state index in [2.05, 4.69) is 11.2 Å². The number of hydrogen-bond donors (Lipinski definition) is 1. The highest BCUT2D eigenvalue weighted by molar-refractivity contribution is 5.90. The molecule has 1 aromatic rings. The molecular formula is C11H16N4O. The smallest absolute Gasteiger partial charge is 0.269 e. The van der Waals surface area contributed by atoms with Gasteiger partial charge in [0.15, 0.2) is 0 Å². The molecular weight excluding hydrogens is 204 g/mol. The molecule has 1 rings (SSSR count). The van der Waals surface area contributed by atoms with E-state index < -0.39 is 11.3 Å². The first-order chi connectivity index (χ1) is 7.39. The van der Waals surface area contributed by atoms with Crippen LogP contribution in [0.25, 0.3) is 0 Å². The molecule has 5 heteroatoms. The lowest BCUT2D eigenvalue weighted by atomic mass is 9.89. The Hall–Kier alpha value is -1.83. The van der Waals surface area contributed by atoms with E-state index in [4.69, 9.17) is 11.0 Å². The molecule has 0 atom stereocenters. The van der Waals surface area contributed by atoms with Gasteiger partial charge in [0.1, 0.15) is 5.69 Å². The number of amides is 1. The predicted octanol–water partition coefficient (Wildman–Crippen LogP) is 1.09. The van der Waals surface area contributed by atoms with E-state index in [-0.39, 0.29) is 5.69 Å². The van der Waals surface area contributed by atoms with Crippen LogP contribution >= 0.6 is 0 Å². The van der Waals surface area contributed by atoms with Gasteiger partial charge in [-0.1, -0.05) is 0 Å². The summed E-state index contributed by atoms with van der Waals surface area (Å²) < 4.78 is 1.71. The van der Waals surface area contributed by atoms with Crippen LogP contribution in [-0.2, 0) is 13.0 Å². The maximum Gasteiger partial charge on any atom is 0.269 e. The van der Waals surface area contributed by atoms with Crippen LogP contribution in [0, 0.1) is 16.7 Å². The molecule has 0 aliphatic rings. The van der Waals surface area contributed by atoms with Crippen LogP contribution in [0.3, 0.4) is 0 Å². The number of primary amides is 1. The number of carbonyl (C=O) groups excluding carboxylic acids is 1. The summed E-state index contributed by atoms with van der Waals surface area (Å²) in [5.41, 5.74) is 5.82. The topological polar surface area (TPSA) is 84.7 Å². The Labute approximate surface area is 94.9 Å². The molecule has 1 heterocycles. The lowest BCUT2D eigenvalue weighted by molar-refractivity contribution is 0.0995. The van der Waals surface area contributed by atoms with Gasteiger partial charge in [0, 0.05) is 18.7 Å². The summed E-state index contributed by atoms with van der Waals surface area (Å²) in [7, 11) is 0. The first kappa shape index (κ1) is 12.2. The second kappa shape index (κ2) is 4.35. The van der Waals surface area contributed by atoms with Crippen LogP contribution in [0.2, 0.25) is 0 Å². The summed E-state index contributed by atoms with van der Waals surface area (Å²) in [6, 6.07) is 3.88. The molecule has 0 aliphatic carbocycles. The van der Waals surface area contributed by atoms with E-state index in [0.29, 0.717) is 13.0 Å². The third-order valence-corrected chi connectivity index (χ3v) is 2.34. The second-order valence-electron chi connectivity index (χ2n) is 4.37.